The van der Waals surface area contributed by atoms with Crippen LogP contribution in [0.1, 0.15) is 17.4 Å². The highest BCUT2D eigenvalue weighted by Crippen LogP contribution is 2.25. The molecule has 0 aliphatic rings. The van der Waals surface area contributed by atoms with Gasteiger partial charge in [-0.25, -0.2) is 17.2 Å². The lowest BCUT2D eigenvalue weighted by Gasteiger charge is -2.16. The fourth-order valence-corrected chi connectivity index (χ4v) is 3.46. The molecule has 2 N–H and O–H groups in total. The van der Waals surface area contributed by atoms with E-state index in [1.807, 2.05) is 0 Å². The summed E-state index contributed by atoms with van der Waals surface area (Å²) in [4.78, 5) is 11.1. The Bertz CT molecular complexity index is 952. The molecule has 0 aliphatic heterocycles. The van der Waals surface area contributed by atoms with E-state index in [4.69, 9.17) is 0 Å². The Morgan fingerprint density at radius 2 is 1.70 bits per heavy atom. The van der Waals surface area contributed by atoms with Crippen molar-refractivity contribution < 1.29 is 35.2 Å². The normalized spacial score (nSPS) is 13.4. The Morgan fingerprint density at radius 3 is 2.22 bits per heavy atom. The number of carbonyl (C=O) groups excluding carboxylic acids is 1. The summed E-state index contributed by atoms with van der Waals surface area (Å²) in [6, 6.07) is 2.00. The molecule has 0 bridgehead atoms. The fourth-order valence-electron chi connectivity index (χ4n) is 2.10. The number of hydrogen-bond acceptors (Lipinski definition) is 3. The monoisotopic (exact) mass is 411 g/mol. The number of sulfonamides is 1. The molecule has 1 atom stereocenters. The van der Waals surface area contributed by atoms with Crippen LogP contribution >= 0.6 is 0 Å². The molecule has 6 nitrogen and oxygen atoms in total. The molecule has 0 aliphatic carbocycles. The fraction of sp³-hybridized carbons (Fsp3) is 0.267. The van der Waals surface area contributed by atoms with E-state index in [0.717, 1.165) is 23.7 Å². The molecule has 2 rings (SSSR count). The average molecular weight is 411 g/mol. The number of anilines is 1. The Hall–Kier alpha value is -2.47. The van der Waals surface area contributed by atoms with Gasteiger partial charge in [0.25, 0.3) is 5.91 Å². The highest BCUT2D eigenvalue weighted by atomic mass is 32.2. The maximum Gasteiger partial charge on any atom is 0.404 e. The number of amides is 1. The number of hydrogen-bond donors (Lipinski definition) is 2. The first kappa shape index (κ1) is 20.8. The second-order valence-electron chi connectivity index (χ2n) is 5.61. The molecule has 0 saturated carbocycles. The van der Waals surface area contributed by atoms with Crippen molar-refractivity contribution in [3.05, 3.63) is 47.8 Å². The van der Waals surface area contributed by atoms with Crippen LogP contribution < -0.4 is 10.0 Å². The summed E-state index contributed by atoms with van der Waals surface area (Å²) in [5.74, 6) is -3.15. The number of nitrogens with zero attached hydrogens (tertiary/aromatic N) is 1. The largest absolute Gasteiger partial charge is 0.404 e. The third-order valence-electron chi connectivity index (χ3n) is 3.52. The van der Waals surface area contributed by atoms with E-state index >= 15 is 0 Å². The van der Waals surface area contributed by atoms with Crippen LogP contribution in [0, 0.1) is 11.6 Å². The van der Waals surface area contributed by atoms with E-state index in [9.17, 15) is 35.2 Å². The second kappa shape index (κ2) is 7.27. The summed E-state index contributed by atoms with van der Waals surface area (Å²) in [5, 5.41) is 2.24. The molecule has 0 fully saturated rings. The Labute approximate surface area is 151 Å². The molecule has 0 saturated heterocycles. The van der Waals surface area contributed by atoms with E-state index in [1.165, 1.54) is 16.9 Å². The Kier molecular flexibility index (Phi) is 5.61. The SMILES string of the molecule is CC(NS(=O)(=O)c1cn(C)c(C(=O)Nc2ccc(F)cc2)c1F)C(F)(F)F. The van der Waals surface area contributed by atoms with E-state index in [-0.39, 0.29) is 5.69 Å². The molecule has 27 heavy (non-hydrogen) atoms. The van der Waals surface area contributed by atoms with Gasteiger partial charge in [-0.15, -0.1) is 0 Å². The predicted octanol–water partition coefficient (Wildman–Crippen LogP) is 2.78. The van der Waals surface area contributed by atoms with Gasteiger partial charge in [-0.3, -0.25) is 4.79 Å². The number of carbonyl (C=O) groups is 1. The van der Waals surface area contributed by atoms with Crippen LogP contribution in [0.4, 0.5) is 27.6 Å². The van der Waals surface area contributed by atoms with E-state index in [0.29, 0.717) is 13.1 Å². The van der Waals surface area contributed by atoms with Crippen molar-refractivity contribution in [2.75, 3.05) is 5.32 Å². The number of benzene rings is 1. The van der Waals surface area contributed by atoms with Gasteiger partial charge in [0.2, 0.25) is 10.0 Å². The molecule has 12 heteroatoms. The van der Waals surface area contributed by atoms with Crippen molar-refractivity contribution in [2.45, 2.75) is 24.0 Å². The predicted molar refractivity (Wildman–Crippen MR) is 85.6 cm³/mol. The van der Waals surface area contributed by atoms with Gasteiger partial charge in [-0.05, 0) is 31.2 Å². The van der Waals surface area contributed by atoms with Crippen LogP contribution in [0.5, 0.6) is 0 Å². The summed E-state index contributed by atoms with van der Waals surface area (Å²) >= 11 is 0. The zero-order valence-electron chi connectivity index (χ0n) is 13.9. The van der Waals surface area contributed by atoms with Crippen molar-refractivity contribution in [3.8, 4) is 0 Å². The van der Waals surface area contributed by atoms with Gasteiger partial charge in [0.05, 0.1) is 0 Å². The van der Waals surface area contributed by atoms with Gasteiger partial charge in [0.15, 0.2) is 5.82 Å². The van der Waals surface area contributed by atoms with E-state index in [1.54, 1.807) is 0 Å². The third kappa shape index (κ3) is 4.63. The zero-order chi connectivity index (χ0) is 20.6. The number of aryl methyl sites for hydroxylation is 1. The van der Waals surface area contributed by atoms with Crippen molar-refractivity contribution in [1.29, 1.82) is 0 Å². The smallest absolute Gasteiger partial charge is 0.343 e. The van der Waals surface area contributed by atoms with Crippen LogP contribution in [-0.2, 0) is 17.1 Å². The minimum absolute atomic E-state index is 0.107. The topological polar surface area (TPSA) is 80.2 Å². The van der Waals surface area contributed by atoms with Gasteiger partial charge in [-0.2, -0.15) is 17.9 Å². The van der Waals surface area contributed by atoms with E-state index < -0.39 is 50.4 Å². The lowest BCUT2D eigenvalue weighted by atomic mass is 10.3. The first-order valence-electron chi connectivity index (χ1n) is 7.33. The van der Waals surface area contributed by atoms with Crippen molar-refractivity contribution in [3.63, 3.8) is 0 Å². The average Bonchev–Trinajstić information content (AvgIpc) is 2.84. The highest BCUT2D eigenvalue weighted by molar-refractivity contribution is 7.89. The molecule has 1 aromatic heterocycles. The van der Waals surface area contributed by atoms with E-state index in [2.05, 4.69) is 5.32 Å². The summed E-state index contributed by atoms with van der Waals surface area (Å²) < 4.78 is 91.3. The minimum Gasteiger partial charge on any atom is -0.343 e. The molecule has 1 amide bonds. The molecule has 148 valence electrons. The zero-order valence-corrected chi connectivity index (χ0v) is 14.8. The van der Waals surface area contributed by atoms with Gasteiger partial charge in [0, 0.05) is 18.9 Å². The standard InChI is InChI=1S/C15H14F5N3O3S/c1-8(15(18,19)20)22-27(25,26)11-7-23(2)13(12(11)17)14(24)21-10-5-3-9(16)4-6-10/h3-8,22H,1-2H3,(H,21,24). The van der Waals surface area contributed by atoms with Gasteiger partial charge < -0.3 is 9.88 Å². The van der Waals surface area contributed by atoms with Gasteiger partial charge in [-0.1, -0.05) is 0 Å². The Morgan fingerprint density at radius 1 is 1.15 bits per heavy atom. The first-order valence-corrected chi connectivity index (χ1v) is 8.82. The lowest BCUT2D eigenvalue weighted by molar-refractivity contribution is -0.147. The van der Waals surface area contributed by atoms with Crippen molar-refractivity contribution >= 4 is 21.6 Å². The molecule has 1 heterocycles. The highest BCUT2D eigenvalue weighted by Gasteiger charge is 2.40. The number of alkyl halides is 3. The molecule has 0 radical (unpaired) electrons. The van der Waals surface area contributed by atoms with Gasteiger partial charge >= 0.3 is 6.18 Å². The summed E-state index contributed by atoms with van der Waals surface area (Å²) in [6.07, 6.45) is -4.19. The van der Waals surface area contributed by atoms with Gasteiger partial charge in [0.1, 0.15) is 22.4 Å². The molecular weight excluding hydrogens is 397 g/mol. The third-order valence-corrected chi connectivity index (χ3v) is 5.04. The van der Waals surface area contributed by atoms with Crippen LogP contribution in [0.3, 0.4) is 0 Å². The Balaban J connectivity index is 2.32. The van der Waals surface area contributed by atoms with Crippen LogP contribution in [0.2, 0.25) is 0 Å². The molecule has 1 unspecified atom stereocenters. The number of rotatable bonds is 5. The summed E-state index contributed by atoms with van der Waals surface area (Å²) in [5.41, 5.74) is -0.616. The molecule has 1 aromatic carbocycles. The first-order chi connectivity index (χ1) is 12.3. The van der Waals surface area contributed by atoms with Crippen molar-refractivity contribution in [1.82, 2.24) is 9.29 Å². The quantitative estimate of drug-likeness (QED) is 0.743. The number of halogens is 5. The van der Waals surface area contributed by atoms with Crippen LogP contribution in [-0.4, -0.2) is 31.1 Å². The number of aromatic nitrogens is 1. The van der Waals surface area contributed by atoms with Crippen LogP contribution in [0.25, 0.3) is 0 Å². The molecule has 2 aromatic rings. The second-order valence-corrected chi connectivity index (χ2v) is 7.29. The maximum absolute atomic E-state index is 14.5. The molecular formula is C15H14F5N3O3S. The van der Waals surface area contributed by atoms with Crippen LogP contribution in [0.15, 0.2) is 35.4 Å². The maximum atomic E-state index is 14.5. The lowest BCUT2D eigenvalue weighted by Crippen LogP contribution is -2.43. The number of nitrogens with one attached hydrogen (secondary N) is 2. The molecule has 0 spiro atoms. The summed E-state index contributed by atoms with van der Waals surface area (Å²) in [6.45, 7) is 0.556. The minimum atomic E-state index is -4.88. The van der Waals surface area contributed by atoms with Crippen molar-refractivity contribution in [2.24, 2.45) is 7.05 Å². The summed E-state index contributed by atoms with van der Waals surface area (Å²) in [7, 11) is -3.73.